The van der Waals surface area contributed by atoms with Gasteiger partial charge in [0.1, 0.15) is 5.75 Å². The highest BCUT2D eigenvalue weighted by molar-refractivity contribution is 7.99. The van der Waals surface area contributed by atoms with Gasteiger partial charge in [-0.25, -0.2) is 0 Å². The van der Waals surface area contributed by atoms with Crippen molar-refractivity contribution in [1.29, 1.82) is 0 Å². The van der Waals surface area contributed by atoms with Gasteiger partial charge in [0.05, 0.1) is 13.2 Å². The molecular weight excluding hydrogens is 260 g/mol. The van der Waals surface area contributed by atoms with E-state index in [1.165, 1.54) is 0 Å². The van der Waals surface area contributed by atoms with Crippen LogP contribution in [0.2, 0.25) is 0 Å². The molecular formula is C14H20N2O2S. The third kappa shape index (κ3) is 3.42. The molecule has 1 fully saturated rings. The average molecular weight is 280 g/mol. The Morgan fingerprint density at radius 1 is 1.53 bits per heavy atom. The zero-order valence-electron chi connectivity index (χ0n) is 11.5. The summed E-state index contributed by atoms with van der Waals surface area (Å²) >= 11 is 1.74. The number of anilines is 1. The van der Waals surface area contributed by atoms with Gasteiger partial charge in [0.2, 0.25) is 5.91 Å². The molecule has 1 saturated heterocycles. The number of amides is 1. The van der Waals surface area contributed by atoms with E-state index in [0.29, 0.717) is 5.92 Å². The number of rotatable bonds is 4. The first-order valence-electron chi connectivity index (χ1n) is 6.41. The molecule has 1 aromatic carbocycles. The van der Waals surface area contributed by atoms with Crippen molar-refractivity contribution >= 4 is 23.4 Å². The normalized spacial score (nSPS) is 18.6. The summed E-state index contributed by atoms with van der Waals surface area (Å²) < 4.78 is 5.34. The highest BCUT2D eigenvalue weighted by Gasteiger charge is 2.22. The van der Waals surface area contributed by atoms with Gasteiger partial charge in [-0.2, -0.15) is 0 Å². The van der Waals surface area contributed by atoms with Crippen LogP contribution >= 0.6 is 11.8 Å². The van der Waals surface area contributed by atoms with Crippen molar-refractivity contribution in [3.05, 3.63) is 23.8 Å². The molecule has 1 atom stereocenters. The van der Waals surface area contributed by atoms with Crippen LogP contribution in [0, 0.1) is 0 Å². The Morgan fingerprint density at radius 2 is 2.32 bits per heavy atom. The molecule has 1 aliphatic rings. The molecule has 0 aromatic heterocycles. The molecule has 0 saturated carbocycles. The quantitative estimate of drug-likeness (QED) is 0.889. The summed E-state index contributed by atoms with van der Waals surface area (Å²) in [5.41, 5.74) is 1.93. The third-order valence-electron chi connectivity index (χ3n) is 3.15. The molecule has 1 unspecified atom stereocenters. The maximum absolute atomic E-state index is 12.0. The summed E-state index contributed by atoms with van der Waals surface area (Å²) in [6, 6.07) is 5.69. The van der Waals surface area contributed by atoms with Crippen molar-refractivity contribution in [2.75, 3.05) is 24.1 Å². The number of carbonyl (C=O) groups is 1. The van der Waals surface area contributed by atoms with Crippen LogP contribution < -0.4 is 15.4 Å². The lowest BCUT2D eigenvalue weighted by Gasteiger charge is -2.15. The Labute approximate surface area is 118 Å². The first kappa shape index (κ1) is 14.2. The summed E-state index contributed by atoms with van der Waals surface area (Å²) in [6.07, 6.45) is 0. The molecule has 2 N–H and O–H groups in total. The monoisotopic (exact) mass is 280 g/mol. The molecule has 19 heavy (non-hydrogen) atoms. The van der Waals surface area contributed by atoms with Gasteiger partial charge >= 0.3 is 0 Å². The minimum Gasteiger partial charge on any atom is -0.496 e. The fourth-order valence-electron chi connectivity index (χ4n) is 2.06. The first-order valence-corrected chi connectivity index (χ1v) is 7.57. The number of thioether (sulfide) groups is 1. The van der Waals surface area contributed by atoms with Crippen LogP contribution in [-0.4, -0.2) is 30.7 Å². The highest BCUT2D eigenvalue weighted by atomic mass is 32.2. The smallest absolute Gasteiger partial charge is 0.242 e. The van der Waals surface area contributed by atoms with Crippen molar-refractivity contribution < 1.29 is 9.53 Å². The molecule has 5 heteroatoms. The fourth-order valence-corrected chi connectivity index (χ4v) is 3.00. The summed E-state index contributed by atoms with van der Waals surface area (Å²) in [7, 11) is 1.67. The van der Waals surface area contributed by atoms with Gasteiger partial charge in [-0.3, -0.25) is 10.1 Å². The molecule has 1 amide bonds. The number of methoxy groups -OCH3 is 1. The molecule has 0 spiro atoms. The topological polar surface area (TPSA) is 50.4 Å². The SMILES string of the molecule is COc1ccc(NC(=O)C2CSCN2)cc1C(C)C. The van der Waals surface area contributed by atoms with Gasteiger partial charge in [-0.05, 0) is 29.7 Å². The molecule has 1 aromatic rings. The average Bonchev–Trinajstić information content (AvgIpc) is 2.92. The van der Waals surface area contributed by atoms with Crippen LogP contribution in [0.1, 0.15) is 25.3 Å². The largest absolute Gasteiger partial charge is 0.496 e. The predicted octanol–water partition coefficient (Wildman–Crippen LogP) is 2.42. The Hall–Kier alpha value is -1.20. The van der Waals surface area contributed by atoms with E-state index in [2.05, 4.69) is 24.5 Å². The lowest BCUT2D eigenvalue weighted by molar-refractivity contribution is -0.117. The van der Waals surface area contributed by atoms with Crippen molar-refractivity contribution in [2.45, 2.75) is 25.8 Å². The maximum Gasteiger partial charge on any atom is 0.242 e. The minimum atomic E-state index is -0.0883. The van der Waals surface area contributed by atoms with E-state index in [1.807, 2.05) is 18.2 Å². The van der Waals surface area contributed by atoms with E-state index in [0.717, 1.165) is 28.6 Å². The number of hydrogen-bond donors (Lipinski definition) is 2. The zero-order valence-corrected chi connectivity index (χ0v) is 12.3. The van der Waals surface area contributed by atoms with E-state index >= 15 is 0 Å². The van der Waals surface area contributed by atoms with Gasteiger partial charge < -0.3 is 10.1 Å². The van der Waals surface area contributed by atoms with E-state index in [-0.39, 0.29) is 11.9 Å². The van der Waals surface area contributed by atoms with Crippen LogP contribution in [-0.2, 0) is 4.79 Å². The Bertz CT molecular complexity index is 457. The second kappa shape index (κ2) is 6.30. The molecule has 0 radical (unpaired) electrons. The second-order valence-electron chi connectivity index (χ2n) is 4.87. The fraction of sp³-hybridized carbons (Fsp3) is 0.500. The molecule has 0 bridgehead atoms. The molecule has 4 nitrogen and oxygen atoms in total. The standard InChI is InChI=1S/C14H20N2O2S/c1-9(2)11-6-10(4-5-13(11)18-3)16-14(17)12-7-19-8-15-12/h4-6,9,12,15H,7-8H2,1-3H3,(H,16,17). The number of nitrogens with one attached hydrogen (secondary N) is 2. The summed E-state index contributed by atoms with van der Waals surface area (Å²) in [5.74, 6) is 2.93. The number of ether oxygens (including phenoxy) is 1. The zero-order chi connectivity index (χ0) is 13.8. The van der Waals surface area contributed by atoms with Gasteiger partial charge in [-0.15, -0.1) is 11.8 Å². The van der Waals surface area contributed by atoms with Gasteiger partial charge in [-0.1, -0.05) is 13.8 Å². The van der Waals surface area contributed by atoms with Crippen LogP contribution in [0.15, 0.2) is 18.2 Å². The summed E-state index contributed by atoms with van der Waals surface area (Å²) in [5, 5.41) is 6.12. The van der Waals surface area contributed by atoms with Crippen LogP contribution in [0.5, 0.6) is 5.75 Å². The number of hydrogen-bond acceptors (Lipinski definition) is 4. The maximum atomic E-state index is 12.0. The van der Waals surface area contributed by atoms with Crippen molar-refractivity contribution in [2.24, 2.45) is 0 Å². The van der Waals surface area contributed by atoms with E-state index in [4.69, 9.17) is 4.74 Å². The first-order chi connectivity index (χ1) is 9.11. The summed E-state index contributed by atoms with van der Waals surface area (Å²) in [4.78, 5) is 12.0. The Morgan fingerprint density at radius 3 is 2.89 bits per heavy atom. The lowest BCUT2D eigenvalue weighted by atomic mass is 10.0. The highest BCUT2D eigenvalue weighted by Crippen LogP contribution is 2.29. The van der Waals surface area contributed by atoms with Crippen LogP contribution in [0.3, 0.4) is 0 Å². The van der Waals surface area contributed by atoms with Crippen LogP contribution in [0.4, 0.5) is 5.69 Å². The van der Waals surface area contributed by atoms with Gasteiger partial charge in [0.25, 0.3) is 0 Å². The predicted molar refractivity (Wildman–Crippen MR) is 80.0 cm³/mol. The van der Waals surface area contributed by atoms with Gasteiger partial charge in [0.15, 0.2) is 0 Å². The number of carbonyl (C=O) groups excluding carboxylic acids is 1. The molecule has 1 aliphatic heterocycles. The van der Waals surface area contributed by atoms with Gasteiger partial charge in [0, 0.05) is 17.3 Å². The minimum absolute atomic E-state index is 0.0323. The van der Waals surface area contributed by atoms with E-state index in [9.17, 15) is 4.79 Å². The van der Waals surface area contributed by atoms with Crippen molar-refractivity contribution in [3.8, 4) is 5.75 Å². The molecule has 0 aliphatic carbocycles. The second-order valence-corrected chi connectivity index (χ2v) is 5.90. The third-order valence-corrected chi connectivity index (χ3v) is 4.09. The Balaban J connectivity index is 2.12. The van der Waals surface area contributed by atoms with E-state index < -0.39 is 0 Å². The van der Waals surface area contributed by atoms with Crippen molar-refractivity contribution in [3.63, 3.8) is 0 Å². The lowest BCUT2D eigenvalue weighted by Crippen LogP contribution is -2.37. The number of benzene rings is 1. The van der Waals surface area contributed by atoms with Crippen LogP contribution in [0.25, 0.3) is 0 Å². The molecule has 1 heterocycles. The molecule has 104 valence electrons. The molecule has 2 rings (SSSR count). The Kier molecular flexibility index (Phi) is 4.71. The van der Waals surface area contributed by atoms with Crippen molar-refractivity contribution in [1.82, 2.24) is 5.32 Å². The summed E-state index contributed by atoms with van der Waals surface area (Å²) in [6.45, 7) is 4.22. The van der Waals surface area contributed by atoms with E-state index in [1.54, 1.807) is 18.9 Å².